The van der Waals surface area contributed by atoms with Crippen molar-refractivity contribution in [2.75, 3.05) is 19.6 Å². The zero-order valence-electron chi connectivity index (χ0n) is 13.3. The lowest BCUT2D eigenvalue weighted by Crippen LogP contribution is -2.42. The summed E-state index contributed by atoms with van der Waals surface area (Å²) in [6.07, 6.45) is 8.85. The van der Waals surface area contributed by atoms with Crippen LogP contribution in [-0.4, -0.2) is 42.4 Å². The van der Waals surface area contributed by atoms with Crippen LogP contribution >= 0.6 is 0 Å². The van der Waals surface area contributed by atoms with Gasteiger partial charge >= 0.3 is 0 Å². The minimum atomic E-state index is 0.116. The second-order valence-electron chi connectivity index (χ2n) is 6.56. The molecule has 0 aromatic heterocycles. The monoisotopic (exact) mass is 294 g/mol. The largest absolute Gasteiger partial charge is 0.370 e. The van der Waals surface area contributed by atoms with Gasteiger partial charge in [0.2, 0.25) is 5.91 Å². The number of likely N-dealkylation sites (tertiary alicyclic amines) is 1. The van der Waals surface area contributed by atoms with Gasteiger partial charge in [0.05, 0.1) is 6.54 Å². The topological polar surface area (TPSA) is 70.7 Å². The number of rotatable bonds is 4. The molecule has 0 aromatic rings. The summed E-state index contributed by atoms with van der Waals surface area (Å²) in [5, 5.41) is 3.12. The molecule has 21 heavy (non-hydrogen) atoms. The Morgan fingerprint density at radius 2 is 1.86 bits per heavy atom. The molecule has 1 saturated heterocycles. The first-order valence-corrected chi connectivity index (χ1v) is 8.49. The Kier molecular flexibility index (Phi) is 6.33. The number of piperidine rings is 1. The summed E-state index contributed by atoms with van der Waals surface area (Å²) < 4.78 is 0. The molecule has 120 valence electrons. The highest BCUT2D eigenvalue weighted by Gasteiger charge is 2.17. The van der Waals surface area contributed by atoms with E-state index in [9.17, 15) is 4.79 Å². The van der Waals surface area contributed by atoms with E-state index in [-0.39, 0.29) is 5.91 Å². The van der Waals surface area contributed by atoms with Gasteiger partial charge in [-0.1, -0.05) is 26.2 Å². The summed E-state index contributed by atoms with van der Waals surface area (Å²) in [5.74, 6) is 1.51. The van der Waals surface area contributed by atoms with E-state index in [1.54, 1.807) is 0 Å². The van der Waals surface area contributed by atoms with E-state index in [1.165, 1.54) is 32.1 Å². The van der Waals surface area contributed by atoms with Crippen LogP contribution in [0.4, 0.5) is 0 Å². The second kappa shape index (κ2) is 8.25. The number of guanidine groups is 1. The molecule has 1 saturated carbocycles. The molecule has 5 heteroatoms. The predicted molar refractivity (Wildman–Crippen MR) is 86.1 cm³/mol. The molecule has 0 spiro atoms. The van der Waals surface area contributed by atoms with E-state index in [4.69, 9.17) is 5.73 Å². The van der Waals surface area contributed by atoms with Crippen molar-refractivity contribution in [1.82, 2.24) is 10.2 Å². The van der Waals surface area contributed by atoms with Crippen molar-refractivity contribution in [2.45, 2.75) is 64.3 Å². The van der Waals surface area contributed by atoms with E-state index in [0.717, 1.165) is 31.8 Å². The summed E-state index contributed by atoms with van der Waals surface area (Å²) in [6.45, 7) is 4.76. The van der Waals surface area contributed by atoms with Crippen molar-refractivity contribution in [1.29, 1.82) is 0 Å². The van der Waals surface area contributed by atoms with Gasteiger partial charge < -0.3 is 16.0 Å². The predicted octanol–water partition coefficient (Wildman–Crippen LogP) is 1.87. The van der Waals surface area contributed by atoms with E-state index >= 15 is 0 Å². The van der Waals surface area contributed by atoms with Gasteiger partial charge in [0.1, 0.15) is 0 Å². The molecule has 2 fully saturated rings. The molecule has 5 nitrogen and oxygen atoms in total. The second-order valence-corrected chi connectivity index (χ2v) is 6.56. The van der Waals surface area contributed by atoms with Crippen molar-refractivity contribution >= 4 is 11.9 Å². The Hall–Kier alpha value is -1.26. The minimum absolute atomic E-state index is 0.116. The van der Waals surface area contributed by atoms with Gasteiger partial charge in [-0.05, 0) is 31.6 Å². The van der Waals surface area contributed by atoms with E-state index in [1.807, 2.05) is 0 Å². The van der Waals surface area contributed by atoms with Crippen molar-refractivity contribution in [3.63, 3.8) is 0 Å². The highest BCUT2D eigenvalue weighted by Crippen LogP contribution is 2.17. The Morgan fingerprint density at radius 3 is 2.52 bits per heavy atom. The molecule has 1 aliphatic carbocycles. The highest BCUT2D eigenvalue weighted by atomic mass is 16.1. The van der Waals surface area contributed by atoms with Gasteiger partial charge in [0, 0.05) is 25.6 Å². The number of amides is 1. The van der Waals surface area contributed by atoms with Crippen LogP contribution in [0, 0.1) is 5.92 Å². The van der Waals surface area contributed by atoms with Crippen LogP contribution in [0.2, 0.25) is 0 Å². The third kappa shape index (κ3) is 5.56. The Bertz CT molecular complexity index is 355. The molecule has 0 radical (unpaired) electrons. The molecule has 1 aliphatic heterocycles. The fourth-order valence-electron chi connectivity index (χ4n) is 3.16. The van der Waals surface area contributed by atoms with Crippen molar-refractivity contribution in [3.8, 4) is 0 Å². The minimum Gasteiger partial charge on any atom is -0.370 e. The standard InChI is InChI=1S/C16H30N4O/c1-13-8-11-20(12-9-13)16(17)18-10-7-15(21)19-14-5-3-2-4-6-14/h13-14H,2-12H2,1H3,(H2,17,18)(H,19,21). The highest BCUT2D eigenvalue weighted by molar-refractivity contribution is 5.79. The number of nitrogens with two attached hydrogens (primary N) is 1. The molecule has 1 heterocycles. The lowest BCUT2D eigenvalue weighted by atomic mass is 9.95. The summed E-state index contributed by atoms with van der Waals surface area (Å²) in [7, 11) is 0. The van der Waals surface area contributed by atoms with Crippen LogP contribution in [0.3, 0.4) is 0 Å². The third-order valence-electron chi connectivity index (χ3n) is 4.69. The summed E-state index contributed by atoms with van der Waals surface area (Å²) in [4.78, 5) is 18.4. The van der Waals surface area contributed by atoms with Gasteiger partial charge in [0.15, 0.2) is 5.96 Å². The quantitative estimate of drug-likeness (QED) is 0.614. The zero-order valence-corrected chi connectivity index (χ0v) is 13.3. The summed E-state index contributed by atoms with van der Waals surface area (Å²) >= 11 is 0. The number of nitrogens with zero attached hydrogens (tertiary/aromatic N) is 2. The molecule has 0 unspecified atom stereocenters. The maximum absolute atomic E-state index is 11.9. The Morgan fingerprint density at radius 1 is 1.19 bits per heavy atom. The van der Waals surface area contributed by atoms with Gasteiger partial charge in [-0.25, -0.2) is 0 Å². The molecule has 2 rings (SSSR count). The van der Waals surface area contributed by atoms with E-state index in [2.05, 4.69) is 22.1 Å². The van der Waals surface area contributed by atoms with Crippen LogP contribution in [0.1, 0.15) is 58.3 Å². The Balaban J connectivity index is 1.65. The Labute approximate surface area is 128 Å². The van der Waals surface area contributed by atoms with Crippen molar-refractivity contribution in [2.24, 2.45) is 16.6 Å². The lowest BCUT2D eigenvalue weighted by molar-refractivity contribution is -0.121. The molecule has 0 aromatic carbocycles. The number of carbonyl (C=O) groups excluding carboxylic acids is 1. The fourth-order valence-corrected chi connectivity index (χ4v) is 3.16. The van der Waals surface area contributed by atoms with Crippen LogP contribution < -0.4 is 11.1 Å². The number of nitrogens with one attached hydrogen (secondary N) is 1. The maximum Gasteiger partial charge on any atom is 0.222 e. The van der Waals surface area contributed by atoms with E-state index < -0.39 is 0 Å². The number of hydrogen-bond acceptors (Lipinski definition) is 2. The molecule has 1 amide bonds. The molecule has 0 atom stereocenters. The van der Waals surface area contributed by atoms with Gasteiger partial charge in [0.25, 0.3) is 0 Å². The molecular weight excluding hydrogens is 264 g/mol. The number of carbonyl (C=O) groups is 1. The average Bonchev–Trinajstić information content (AvgIpc) is 2.49. The first kappa shape index (κ1) is 16.1. The molecule has 3 N–H and O–H groups in total. The van der Waals surface area contributed by atoms with Crippen LogP contribution in [0.5, 0.6) is 0 Å². The van der Waals surface area contributed by atoms with Gasteiger partial charge in [-0.15, -0.1) is 0 Å². The fraction of sp³-hybridized carbons (Fsp3) is 0.875. The van der Waals surface area contributed by atoms with Crippen molar-refractivity contribution < 1.29 is 4.79 Å². The SMILES string of the molecule is CC1CCN(C(N)=NCCC(=O)NC2CCCCC2)CC1. The van der Waals surface area contributed by atoms with Gasteiger partial charge in [-0.3, -0.25) is 9.79 Å². The summed E-state index contributed by atoms with van der Waals surface area (Å²) in [5.41, 5.74) is 6.01. The van der Waals surface area contributed by atoms with Gasteiger partial charge in [-0.2, -0.15) is 0 Å². The maximum atomic E-state index is 11.9. The molecule has 0 bridgehead atoms. The van der Waals surface area contributed by atoms with Crippen LogP contribution in [-0.2, 0) is 4.79 Å². The zero-order chi connectivity index (χ0) is 15.1. The lowest BCUT2D eigenvalue weighted by Gasteiger charge is -2.31. The van der Waals surface area contributed by atoms with Crippen LogP contribution in [0.25, 0.3) is 0 Å². The van der Waals surface area contributed by atoms with Crippen LogP contribution in [0.15, 0.2) is 4.99 Å². The normalized spacial score (nSPS) is 22.3. The smallest absolute Gasteiger partial charge is 0.222 e. The molecule has 2 aliphatic rings. The average molecular weight is 294 g/mol. The molecular formula is C16H30N4O. The third-order valence-corrected chi connectivity index (χ3v) is 4.69. The first-order chi connectivity index (χ1) is 10.1. The number of aliphatic imine (C=N–C) groups is 1. The summed E-state index contributed by atoms with van der Waals surface area (Å²) in [6, 6.07) is 0.385. The number of hydrogen-bond donors (Lipinski definition) is 2. The first-order valence-electron chi connectivity index (χ1n) is 8.49. The van der Waals surface area contributed by atoms with E-state index in [0.29, 0.717) is 25.0 Å². The van der Waals surface area contributed by atoms with Crippen molar-refractivity contribution in [3.05, 3.63) is 0 Å².